The highest BCUT2D eigenvalue weighted by Crippen LogP contribution is 2.80. The summed E-state index contributed by atoms with van der Waals surface area (Å²) < 4.78 is 13.4. The van der Waals surface area contributed by atoms with E-state index in [2.05, 4.69) is 60.6 Å². The van der Waals surface area contributed by atoms with Crippen LogP contribution in [0.3, 0.4) is 0 Å². The van der Waals surface area contributed by atoms with Crippen molar-refractivity contribution in [3.05, 3.63) is 23.3 Å². The van der Waals surface area contributed by atoms with Crippen LogP contribution in [0.15, 0.2) is 28.3 Å². The van der Waals surface area contributed by atoms with E-state index in [-0.39, 0.29) is 44.3 Å². The number of fused-ring (bicyclic) bond motifs is 5. The second-order valence-electron chi connectivity index (χ2n) is 16.6. The fourth-order valence-electron chi connectivity index (χ4n) is 11.2. The quantitative estimate of drug-likeness (QED) is 0.339. The molecule has 0 aromatic heterocycles. The Hall–Kier alpha value is -1.46. The van der Waals surface area contributed by atoms with Crippen molar-refractivity contribution in [3.8, 4) is 6.07 Å². The lowest BCUT2D eigenvalue weighted by Crippen LogP contribution is -2.68. The van der Waals surface area contributed by atoms with E-state index < -0.39 is 12.6 Å². The number of allylic oxidation sites excluding steroid dienone is 3. The molecule has 0 bridgehead atoms. The summed E-state index contributed by atoms with van der Waals surface area (Å²) in [6.07, 6.45) is 13.1. The normalized spacial score (nSPS) is 48.0. The van der Waals surface area contributed by atoms with E-state index in [4.69, 9.17) is 4.99 Å². The predicted molar refractivity (Wildman–Crippen MR) is 155 cm³/mol. The predicted octanol–water partition coefficient (Wildman–Crippen LogP) is 7.84. The molecule has 0 aromatic carbocycles. The molecule has 0 N–H and O–H groups in total. The third-order valence-electron chi connectivity index (χ3n) is 13.2. The first-order valence-corrected chi connectivity index (χ1v) is 17.7. The topological polar surface area (TPSA) is 70.3 Å². The lowest BCUT2D eigenvalue weighted by Gasteiger charge is -2.69. The van der Waals surface area contributed by atoms with Crippen LogP contribution in [-0.4, -0.2) is 36.5 Å². The van der Waals surface area contributed by atoms with Crippen molar-refractivity contribution >= 4 is 18.6 Å². The Labute approximate surface area is 230 Å². The van der Waals surface area contributed by atoms with Gasteiger partial charge in [0.15, 0.2) is 5.78 Å². The molecular weight excluding hydrogens is 487 g/mol. The summed E-state index contributed by atoms with van der Waals surface area (Å²) in [7, 11) is -2.20. The van der Waals surface area contributed by atoms with Crippen LogP contribution in [0.25, 0.3) is 0 Å². The van der Waals surface area contributed by atoms with Crippen LogP contribution in [0.2, 0.25) is 0 Å². The molecule has 0 saturated heterocycles. The standard InChI is InChI=1S/C33H47N2O2P/c1-27(2)12-14-32(20-38(8,9)37)15-13-31(7)30(6)11-10-22-28(3,4)26(36)21(19-34)17-29(22,5)23(30)16-25-33(31,35-25)24(32)18-27/h16-17,22,24H,10-15,18,20H2,1-9H3/t22-,24+,29-,30+,31-,32+,33+/m0/s1. The maximum atomic E-state index is 13.4. The molecule has 6 aliphatic rings. The average molecular weight is 535 g/mol. The average Bonchev–Trinajstić information content (AvgIpc) is 3.52. The second-order valence-corrected chi connectivity index (χ2v) is 20.1. The van der Waals surface area contributed by atoms with Crippen molar-refractivity contribution in [3.63, 3.8) is 0 Å². The van der Waals surface area contributed by atoms with Gasteiger partial charge in [0.1, 0.15) is 11.6 Å². The highest BCUT2D eigenvalue weighted by Gasteiger charge is 2.79. The largest absolute Gasteiger partial charge is 0.324 e. The van der Waals surface area contributed by atoms with Gasteiger partial charge in [-0.15, -0.1) is 0 Å². The van der Waals surface area contributed by atoms with Gasteiger partial charge in [0.05, 0.1) is 18.4 Å². The smallest absolute Gasteiger partial charge is 0.178 e. The molecule has 206 valence electrons. The molecule has 0 amide bonds. The van der Waals surface area contributed by atoms with Gasteiger partial charge in [0, 0.05) is 22.4 Å². The molecule has 0 aromatic rings. The summed E-state index contributed by atoms with van der Waals surface area (Å²) in [4.78, 5) is 18.8. The molecule has 6 rings (SSSR count). The summed E-state index contributed by atoms with van der Waals surface area (Å²) in [5.74, 6) is 0.606. The van der Waals surface area contributed by atoms with Gasteiger partial charge < -0.3 is 4.57 Å². The Morgan fingerprint density at radius 3 is 2.29 bits per heavy atom. The van der Waals surface area contributed by atoms with Gasteiger partial charge >= 0.3 is 0 Å². The zero-order valence-corrected chi connectivity index (χ0v) is 26.0. The molecule has 5 heteroatoms. The molecule has 38 heavy (non-hydrogen) atoms. The Kier molecular flexibility index (Phi) is 5.09. The van der Waals surface area contributed by atoms with Crippen LogP contribution < -0.4 is 0 Å². The van der Waals surface area contributed by atoms with Gasteiger partial charge in [-0.3, -0.25) is 9.79 Å². The number of carbonyl (C=O) groups is 1. The van der Waals surface area contributed by atoms with Crippen molar-refractivity contribution in [2.24, 2.45) is 49.3 Å². The highest BCUT2D eigenvalue weighted by atomic mass is 31.2. The van der Waals surface area contributed by atoms with Gasteiger partial charge in [0.2, 0.25) is 0 Å². The van der Waals surface area contributed by atoms with Crippen LogP contribution in [0, 0.1) is 55.7 Å². The van der Waals surface area contributed by atoms with Crippen molar-refractivity contribution in [2.45, 2.75) is 99.0 Å². The second kappa shape index (κ2) is 7.24. The number of rotatable bonds is 2. The van der Waals surface area contributed by atoms with Crippen LogP contribution in [-0.2, 0) is 9.36 Å². The van der Waals surface area contributed by atoms with Crippen molar-refractivity contribution < 1.29 is 9.36 Å². The van der Waals surface area contributed by atoms with Gasteiger partial charge in [-0.25, -0.2) is 0 Å². The van der Waals surface area contributed by atoms with Crippen LogP contribution in [0.5, 0.6) is 0 Å². The van der Waals surface area contributed by atoms with E-state index in [1.807, 2.05) is 19.4 Å². The van der Waals surface area contributed by atoms with E-state index in [9.17, 15) is 14.6 Å². The van der Waals surface area contributed by atoms with Gasteiger partial charge in [-0.1, -0.05) is 60.1 Å². The summed E-state index contributed by atoms with van der Waals surface area (Å²) in [5.41, 5.74) is 2.22. The molecule has 1 heterocycles. The first kappa shape index (κ1) is 26.7. The zero-order chi connectivity index (χ0) is 27.9. The lowest BCUT2D eigenvalue weighted by molar-refractivity contribution is -0.138. The van der Waals surface area contributed by atoms with Crippen LogP contribution >= 0.6 is 7.14 Å². The number of hydrogen-bond donors (Lipinski definition) is 0. The fraction of sp³-hybridized carbons (Fsp3) is 0.788. The van der Waals surface area contributed by atoms with Gasteiger partial charge in [-0.05, 0) is 92.4 Å². The lowest BCUT2D eigenvalue weighted by atomic mass is 9.34. The van der Waals surface area contributed by atoms with E-state index in [0.29, 0.717) is 11.5 Å². The number of nitriles is 1. The van der Waals surface area contributed by atoms with Gasteiger partial charge in [-0.2, -0.15) is 5.26 Å². The van der Waals surface area contributed by atoms with Crippen molar-refractivity contribution in [1.82, 2.24) is 0 Å². The maximum Gasteiger partial charge on any atom is 0.178 e. The molecule has 3 fully saturated rings. The summed E-state index contributed by atoms with van der Waals surface area (Å²) >= 11 is 0. The molecule has 4 nitrogen and oxygen atoms in total. The molecule has 0 unspecified atom stereocenters. The maximum absolute atomic E-state index is 13.4. The summed E-state index contributed by atoms with van der Waals surface area (Å²) in [6, 6.07) is 2.26. The third kappa shape index (κ3) is 3.01. The number of aliphatic imine (C=N–C) groups is 1. The monoisotopic (exact) mass is 534 g/mol. The van der Waals surface area contributed by atoms with Crippen LogP contribution in [0.1, 0.15) is 93.4 Å². The fourth-order valence-corrected chi connectivity index (χ4v) is 13.3. The van der Waals surface area contributed by atoms with Gasteiger partial charge in [0.25, 0.3) is 0 Å². The summed E-state index contributed by atoms with van der Waals surface area (Å²) in [5, 5.41) is 9.95. The zero-order valence-electron chi connectivity index (χ0n) is 25.1. The van der Waals surface area contributed by atoms with E-state index in [1.54, 1.807) is 0 Å². The number of hydrogen-bond acceptors (Lipinski definition) is 4. The van der Waals surface area contributed by atoms with E-state index in [0.717, 1.165) is 44.7 Å². The summed E-state index contributed by atoms with van der Waals surface area (Å²) in [6.45, 7) is 20.3. The third-order valence-corrected chi connectivity index (χ3v) is 14.6. The minimum Gasteiger partial charge on any atom is -0.324 e. The SMILES string of the molecule is CC1(C)CC[C@]2(CP(C)(C)=O)CC[C@@]3(C)[C@]4(C)CC[C@H]5C(C)(C)C(=O)C(C#N)=C[C@]5(C)C4=CC4=N[C@]43[C@@H]2C1. The molecule has 3 saturated carbocycles. The molecular formula is C33H47N2O2P. The molecule has 0 radical (unpaired) electrons. The number of nitrogens with zero attached hydrogens (tertiary/aromatic N) is 2. The Balaban J connectivity index is 1.53. The Bertz CT molecular complexity index is 1340. The molecule has 1 aliphatic heterocycles. The molecule has 1 spiro atoms. The Morgan fingerprint density at radius 2 is 1.66 bits per heavy atom. The van der Waals surface area contributed by atoms with E-state index >= 15 is 0 Å². The number of carbonyl (C=O) groups excluding carboxylic acids is 1. The Morgan fingerprint density at radius 1 is 1.00 bits per heavy atom. The number of Topliss-reactive ketones (excluding diaryl/α,β-unsaturated/α-hetero) is 1. The van der Waals surface area contributed by atoms with Crippen LogP contribution in [0.4, 0.5) is 0 Å². The number of ketones is 1. The minimum absolute atomic E-state index is 0.00209. The first-order chi connectivity index (χ1) is 17.3. The molecule has 7 atom stereocenters. The van der Waals surface area contributed by atoms with E-state index in [1.165, 1.54) is 17.7 Å². The first-order valence-electron chi connectivity index (χ1n) is 14.9. The highest BCUT2D eigenvalue weighted by molar-refractivity contribution is 7.62. The van der Waals surface area contributed by atoms with Crippen molar-refractivity contribution in [1.29, 1.82) is 5.26 Å². The minimum atomic E-state index is -2.20. The van der Waals surface area contributed by atoms with Crippen molar-refractivity contribution in [2.75, 3.05) is 19.5 Å². The molecule has 5 aliphatic carbocycles.